The van der Waals surface area contributed by atoms with Crippen molar-refractivity contribution >= 4 is 5.91 Å². The molecule has 2 aliphatic heterocycles. The Bertz CT molecular complexity index is 331. The van der Waals surface area contributed by atoms with Gasteiger partial charge in [0, 0.05) is 31.7 Å². The van der Waals surface area contributed by atoms with Crippen LogP contribution in [0.3, 0.4) is 0 Å². The summed E-state index contributed by atoms with van der Waals surface area (Å²) in [4.78, 5) is 17.2. The number of likely N-dealkylation sites (tertiary alicyclic amines) is 1. The van der Waals surface area contributed by atoms with E-state index in [0.29, 0.717) is 18.0 Å². The van der Waals surface area contributed by atoms with Crippen LogP contribution in [0.4, 0.5) is 0 Å². The number of piperidine rings is 1. The Labute approximate surface area is 122 Å². The fourth-order valence-electron chi connectivity index (χ4n) is 3.71. The van der Waals surface area contributed by atoms with Gasteiger partial charge in [-0.25, -0.2) is 0 Å². The van der Waals surface area contributed by atoms with E-state index in [1.54, 1.807) is 0 Å². The van der Waals surface area contributed by atoms with Crippen LogP contribution in [0.15, 0.2) is 0 Å². The van der Waals surface area contributed by atoms with Crippen LogP contribution in [0.1, 0.15) is 51.9 Å². The topological polar surface area (TPSA) is 35.6 Å². The number of carbonyl (C=O) groups excluding carboxylic acids is 1. The van der Waals surface area contributed by atoms with Crippen LogP contribution in [0.2, 0.25) is 0 Å². The van der Waals surface area contributed by atoms with Crippen LogP contribution in [0.5, 0.6) is 0 Å². The number of rotatable bonds is 5. The van der Waals surface area contributed by atoms with Crippen molar-refractivity contribution in [2.45, 2.75) is 70.0 Å². The van der Waals surface area contributed by atoms with Crippen LogP contribution >= 0.6 is 0 Å². The quantitative estimate of drug-likeness (QED) is 0.830. The van der Waals surface area contributed by atoms with E-state index in [9.17, 15) is 4.79 Å². The smallest absolute Gasteiger partial charge is 0.239 e. The predicted octanol–water partition coefficient (Wildman–Crippen LogP) is 1.60. The molecule has 1 aliphatic carbocycles. The minimum atomic E-state index is 0.0735. The predicted molar refractivity (Wildman–Crippen MR) is 80.6 cm³/mol. The number of nitrogens with one attached hydrogen (secondary N) is 1. The van der Waals surface area contributed by atoms with Gasteiger partial charge in [0.1, 0.15) is 0 Å². The Balaban J connectivity index is 1.58. The van der Waals surface area contributed by atoms with Crippen molar-refractivity contribution in [3.63, 3.8) is 0 Å². The highest BCUT2D eigenvalue weighted by molar-refractivity contribution is 5.81. The minimum absolute atomic E-state index is 0.0735. The van der Waals surface area contributed by atoms with Crippen LogP contribution in [0, 0.1) is 0 Å². The number of hydrogen-bond donors (Lipinski definition) is 1. The molecule has 3 fully saturated rings. The Hall–Kier alpha value is -0.610. The van der Waals surface area contributed by atoms with Gasteiger partial charge in [-0.15, -0.1) is 0 Å². The molecule has 20 heavy (non-hydrogen) atoms. The molecule has 0 aromatic rings. The molecule has 2 atom stereocenters. The lowest BCUT2D eigenvalue weighted by molar-refractivity contribution is -0.135. The second-order valence-electron chi connectivity index (χ2n) is 6.78. The minimum Gasteiger partial charge on any atom is -0.341 e. The SMILES string of the molecule is CC(C(=O)N1CCCC1)N(CC1CCCCN1)C1CC1. The summed E-state index contributed by atoms with van der Waals surface area (Å²) >= 11 is 0. The molecule has 0 aromatic heterocycles. The largest absolute Gasteiger partial charge is 0.341 e. The van der Waals surface area contributed by atoms with Gasteiger partial charge >= 0.3 is 0 Å². The van der Waals surface area contributed by atoms with E-state index < -0.39 is 0 Å². The summed E-state index contributed by atoms with van der Waals surface area (Å²) in [6.45, 7) is 6.29. The highest BCUT2D eigenvalue weighted by Crippen LogP contribution is 2.30. The van der Waals surface area contributed by atoms with Crippen LogP contribution < -0.4 is 5.32 Å². The van der Waals surface area contributed by atoms with Crippen molar-refractivity contribution in [3.05, 3.63) is 0 Å². The molecule has 1 saturated carbocycles. The zero-order valence-corrected chi connectivity index (χ0v) is 12.8. The molecule has 3 aliphatic rings. The summed E-state index contributed by atoms with van der Waals surface area (Å²) in [5, 5.41) is 3.63. The van der Waals surface area contributed by atoms with Gasteiger partial charge in [-0.3, -0.25) is 9.69 Å². The molecule has 4 nitrogen and oxygen atoms in total. The van der Waals surface area contributed by atoms with E-state index in [0.717, 1.165) is 26.2 Å². The van der Waals surface area contributed by atoms with Gasteiger partial charge in [0.25, 0.3) is 0 Å². The molecular formula is C16H29N3O. The van der Waals surface area contributed by atoms with E-state index in [1.165, 1.54) is 44.9 Å². The first-order valence-electron chi connectivity index (χ1n) is 8.53. The Morgan fingerprint density at radius 1 is 1.20 bits per heavy atom. The van der Waals surface area contributed by atoms with Gasteiger partial charge < -0.3 is 10.2 Å². The van der Waals surface area contributed by atoms with Gasteiger partial charge in [0.05, 0.1) is 6.04 Å². The van der Waals surface area contributed by atoms with Crippen molar-refractivity contribution in [2.24, 2.45) is 0 Å². The third-order valence-electron chi connectivity index (χ3n) is 5.13. The monoisotopic (exact) mass is 279 g/mol. The molecule has 0 radical (unpaired) electrons. The average Bonchev–Trinajstić information content (AvgIpc) is 3.18. The zero-order valence-electron chi connectivity index (χ0n) is 12.8. The molecule has 2 unspecified atom stereocenters. The first kappa shape index (κ1) is 14.3. The van der Waals surface area contributed by atoms with E-state index >= 15 is 0 Å². The third-order valence-corrected chi connectivity index (χ3v) is 5.13. The highest BCUT2D eigenvalue weighted by atomic mass is 16.2. The standard InChI is InChI=1S/C16H29N3O/c1-13(16(20)18-10-4-5-11-18)19(15-7-8-15)12-14-6-2-3-9-17-14/h13-15,17H,2-12H2,1H3. The first-order chi connectivity index (χ1) is 9.75. The average molecular weight is 279 g/mol. The molecule has 1 amide bonds. The molecular weight excluding hydrogens is 250 g/mol. The fraction of sp³-hybridized carbons (Fsp3) is 0.938. The number of amides is 1. The van der Waals surface area contributed by atoms with Crippen molar-refractivity contribution < 1.29 is 4.79 Å². The summed E-state index contributed by atoms with van der Waals surface area (Å²) < 4.78 is 0. The van der Waals surface area contributed by atoms with Gasteiger partial charge in [-0.1, -0.05) is 6.42 Å². The maximum absolute atomic E-state index is 12.6. The van der Waals surface area contributed by atoms with Crippen LogP contribution in [-0.4, -0.2) is 60.0 Å². The van der Waals surface area contributed by atoms with Gasteiger partial charge in [0.15, 0.2) is 0 Å². The summed E-state index contributed by atoms with van der Waals surface area (Å²) in [7, 11) is 0. The van der Waals surface area contributed by atoms with E-state index in [-0.39, 0.29) is 6.04 Å². The molecule has 0 bridgehead atoms. The second kappa shape index (κ2) is 6.44. The molecule has 114 valence electrons. The fourth-order valence-corrected chi connectivity index (χ4v) is 3.71. The van der Waals surface area contributed by atoms with Gasteiger partial charge in [0.2, 0.25) is 5.91 Å². The van der Waals surface area contributed by atoms with Crippen LogP contribution in [0.25, 0.3) is 0 Å². The van der Waals surface area contributed by atoms with Crippen molar-refractivity contribution in [1.29, 1.82) is 0 Å². The lowest BCUT2D eigenvalue weighted by Crippen LogP contribution is -2.52. The number of hydrogen-bond acceptors (Lipinski definition) is 3. The number of carbonyl (C=O) groups is 1. The molecule has 0 aromatic carbocycles. The highest BCUT2D eigenvalue weighted by Gasteiger charge is 2.38. The summed E-state index contributed by atoms with van der Waals surface area (Å²) in [5.74, 6) is 0.366. The van der Waals surface area contributed by atoms with Crippen molar-refractivity contribution in [2.75, 3.05) is 26.2 Å². The molecule has 2 saturated heterocycles. The normalized spacial score (nSPS) is 28.9. The maximum Gasteiger partial charge on any atom is 0.239 e. The van der Waals surface area contributed by atoms with Gasteiger partial charge in [-0.05, 0) is 52.0 Å². The summed E-state index contributed by atoms with van der Waals surface area (Å²) in [6.07, 6.45) is 8.85. The molecule has 2 heterocycles. The van der Waals surface area contributed by atoms with E-state index in [2.05, 4.69) is 22.0 Å². The van der Waals surface area contributed by atoms with Crippen molar-refractivity contribution in [3.8, 4) is 0 Å². The summed E-state index contributed by atoms with van der Waals surface area (Å²) in [6, 6.07) is 1.34. The molecule has 1 N–H and O–H groups in total. The third kappa shape index (κ3) is 3.34. The Morgan fingerprint density at radius 3 is 2.55 bits per heavy atom. The molecule has 0 spiro atoms. The lowest BCUT2D eigenvalue weighted by Gasteiger charge is -2.35. The van der Waals surface area contributed by atoms with Crippen molar-refractivity contribution in [1.82, 2.24) is 15.1 Å². The second-order valence-corrected chi connectivity index (χ2v) is 6.78. The molecule has 4 heteroatoms. The Kier molecular flexibility index (Phi) is 4.61. The Morgan fingerprint density at radius 2 is 1.95 bits per heavy atom. The number of nitrogens with zero attached hydrogens (tertiary/aromatic N) is 2. The molecule has 3 rings (SSSR count). The maximum atomic E-state index is 12.6. The summed E-state index contributed by atoms with van der Waals surface area (Å²) in [5.41, 5.74) is 0. The first-order valence-corrected chi connectivity index (χ1v) is 8.53. The lowest BCUT2D eigenvalue weighted by atomic mass is 10.0. The van der Waals surface area contributed by atoms with Gasteiger partial charge in [-0.2, -0.15) is 0 Å². The van der Waals surface area contributed by atoms with Crippen LogP contribution in [-0.2, 0) is 4.79 Å². The van der Waals surface area contributed by atoms with E-state index in [4.69, 9.17) is 0 Å². The van der Waals surface area contributed by atoms with E-state index in [1.807, 2.05) is 0 Å². The zero-order chi connectivity index (χ0) is 13.9.